The molecule has 0 aromatic carbocycles. The van der Waals surface area contributed by atoms with Crippen molar-refractivity contribution in [2.45, 2.75) is 31.7 Å². The largest absolute Gasteiger partial charge is 0.480 e. The third-order valence-corrected chi connectivity index (χ3v) is 2.76. The quantitative estimate of drug-likeness (QED) is 0.634. The lowest BCUT2D eigenvalue weighted by atomic mass is 10.2. The van der Waals surface area contributed by atoms with Gasteiger partial charge in [0, 0.05) is 19.6 Å². The first kappa shape index (κ1) is 12.7. The molecule has 0 bridgehead atoms. The van der Waals surface area contributed by atoms with Gasteiger partial charge in [0.2, 0.25) is 0 Å². The van der Waals surface area contributed by atoms with Crippen LogP contribution in [0.1, 0.15) is 25.7 Å². The predicted molar refractivity (Wildman–Crippen MR) is 55.6 cm³/mol. The number of aliphatic carboxylic acids is 1. The number of carboxylic acids is 1. The van der Waals surface area contributed by atoms with Crippen LogP contribution < -0.4 is 0 Å². The molecular weight excluding hydrogens is 210 g/mol. The van der Waals surface area contributed by atoms with Crippen molar-refractivity contribution in [3.63, 3.8) is 0 Å². The van der Waals surface area contributed by atoms with Crippen molar-refractivity contribution < 1.29 is 15.1 Å². The van der Waals surface area contributed by atoms with E-state index in [4.69, 9.17) is 15.6 Å². The molecule has 2 rings (SSSR count). The smallest absolute Gasteiger partial charge is 0.323 e. The number of nitriles is 1. The molecule has 0 radical (unpaired) electrons. The lowest BCUT2D eigenvalue weighted by Crippen LogP contribution is -2.32. The SMILES string of the molecule is N#CN1CCCC1.O=C(O)C1CCCN1O. The molecule has 2 N–H and O–H groups in total. The molecule has 6 nitrogen and oxygen atoms in total. The van der Waals surface area contributed by atoms with Gasteiger partial charge in [-0.1, -0.05) is 0 Å². The predicted octanol–water partition coefficient (Wildman–Crippen LogP) is 0.488. The first-order valence-electron chi connectivity index (χ1n) is 5.48. The Kier molecular flexibility index (Phi) is 5.02. The van der Waals surface area contributed by atoms with Crippen LogP contribution in [0.15, 0.2) is 0 Å². The summed E-state index contributed by atoms with van der Waals surface area (Å²) in [5.74, 6) is -0.935. The van der Waals surface area contributed by atoms with Crippen molar-refractivity contribution in [2.75, 3.05) is 19.6 Å². The van der Waals surface area contributed by atoms with Crippen LogP contribution in [0, 0.1) is 11.5 Å². The van der Waals surface area contributed by atoms with Crippen LogP contribution in [0.4, 0.5) is 0 Å². The molecule has 2 heterocycles. The summed E-state index contributed by atoms with van der Waals surface area (Å²) in [6.07, 6.45) is 5.83. The highest BCUT2D eigenvalue weighted by atomic mass is 16.5. The van der Waals surface area contributed by atoms with Crippen molar-refractivity contribution >= 4 is 5.97 Å². The van der Waals surface area contributed by atoms with Crippen molar-refractivity contribution in [3.05, 3.63) is 0 Å². The highest BCUT2D eigenvalue weighted by Crippen LogP contribution is 2.13. The molecule has 0 aromatic heterocycles. The van der Waals surface area contributed by atoms with Gasteiger partial charge in [-0.2, -0.15) is 10.3 Å². The fraction of sp³-hybridized carbons (Fsp3) is 0.800. The maximum absolute atomic E-state index is 10.2. The second kappa shape index (κ2) is 6.30. The van der Waals surface area contributed by atoms with E-state index >= 15 is 0 Å². The molecule has 0 aromatic rings. The van der Waals surface area contributed by atoms with E-state index in [-0.39, 0.29) is 0 Å². The third kappa shape index (κ3) is 3.68. The normalized spacial score (nSPS) is 24.8. The van der Waals surface area contributed by atoms with Gasteiger partial charge in [0.15, 0.2) is 6.19 Å². The summed E-state index contributed by atoms with van der Waals surface area (Å²) in [4.78, 5) is 12.0. The Morgan fingerprint density at radius 3 is 2.12 bits per heavy atom. The number of hydrogen-bond acceptors (Lipinski definition) is 5. The van der Waals surface area contributed by atoms with E-state index in [2.05, 4.69) is 6.19 Å². The summed E-state index contributed by atoms with van der Waals surface area (Å²) in [5.41, 5.74) is 0. The molecule has 1 atom stereocenters. The van der Waals surface area contributed by atoms with E-state index in [0.717, 1.165) is 24.6 Å². The van der Waals surface area contributed by atoms with E-state index in [0.29, 0.717) is 13.0 Å². The topological polar surface area (TPSA) is 87.8 Å². The maximum atomic E-state index is 10.2. The van der Waals surface area contributed by atoms with Crippen LogP contribution in [-0.4, -0.2) is 51.9 Å². The van der Waals surface area contributed by atoms with E-state index in [9.17, 15) is 4.79 Å². The van der Waals surface area contributed by atoms with Crippen molar-refractivity contribution in [1.29, 1.82) is 5.26 Å². The molecule has 6 heteroatoms. The van der Waals surface area contributed by atoms with E-state index in [1.165, 1.54) is 12.8 Å². The zero-order valence-electron chi connectivity index (χ0n) is 9.17. The van der Waals surface area contributed by atoms with Crippen LogP contribution in [0.25, 0.3) is 0 Å². The number of hydrogen-bond donors (Lipinski definition) is 2. The Morgan fingerprint density at radius 2 is 1.88 bits per heavy atom. The van der Waals surface area contributed by atoms with Gasteiger partial charge in [0.25, 0.3) is 0 Å². The van der Waals surface area contributed by atoms with Crippen molar-refractivity contribution in [2.24, 2.45) is 0 Å². The first-order valence-corrected chi connectivity index (χ1v) is 5.48. The summed E-state index contributed by atoms with van der Waals surface area (Å²) < 4.78 is 0. The minimum atomic E-state index is -0.935. The van der Waals surface area contributed by atoms with Gasteiger partial charge in [0.1, 0.15) is 6.04 Å². The zero-order chi connectivity index (χ0) is 12.0. The lowest BCUT2D eigenvalue weighted by Gasteiger charge is -2.11. The fourth-order valence-electron chi connectivity index (χ4n) is 1.82. The molecule has 0 spiro atoms. The van der Waals surface area contributed by atoms with Gasteiger partial charge >= 0.3 is 5.97 Å². The number of rotatable bonds is 1. The number of hydroxylamine groups is 2. The zero-order valence-corrected chi connectivity index (χ0v) is 9.17. The maximum Gasteiger partial charge on any atom is 0.323 e. The van der Waals surface area contributed by atoms with Crippen LogP contribution in [0.2, 0.25) is 0 Å². The van der Waals surface area contributed by atoms with Crippen LogP contribution in [-0.2, 0) is 4.79 Å². The van der Waals surface area contributed by atoms with Gasteiger partial charge in [0.05, 0.1) is 0 Å². The first-order chi connectivity index (χ1) is 7.65. The van der Waals surface area contributed by atoms with Crippen molar-refractivity contribution in [3.8, 4) is 6.19 Å². The van der Waals surface area contributed by atoms with Gasteiger partial charge in [-0.3, -0.25) is 4.79 Å². The van der Waals surface area contributed by atoms with E-state index < -0.39 is 12.0 Å². The summed E-state index contributed by atoms with van der Waals surface area (Å²) in [5, 5.41) is 26.3. The average Bonchev–Trinajstić information content (AvgIpc) is 2.88. The second-order valence-electron chi connectivity index (χ2n) is 3.95. The third-order valence-electron chi connectivity index (χ3n) is 2.76. The Hall–Kier alpha value is -1.32. The van der Waals surface area contributed by atoms with Gasteiger partial charge < -0.3 is 15.2 Å². The average molecular weight is 227 g/mol. The molecule has 0 amide bonds. The number of carboxylic acid groups (broad SMARTS) is 1. The van der Waals surface area contributed by atoms with Crippen molar-refractivity contribution in [1.82, 2.24) is 9.96 Å². The molecule has 0 saturated carbocycles. The Balaban J connectivity index is 0.000000165. The van der Waals surface area contributed by atoms with E-state index in [1.54, 1.807) is 4.90 Å². The molecule has 16 heavy (non-hydrogen) atoms. The molecule has 2 aliphatic rings. The Bertz CT molecular complexity index is 271. The lowest BCUT2D eigenvalue weighted by molar-refractivity contribution is -0.160. The summed E-state index contributed by atoms with van der Waals surface area (Å²) >= 11 is 0. The molecule has 2 saturated heterocycles. The molecule has 2 aliphatic heterocycles. The molecule has 0 aliphatic carbocycles. The van der Waals surface area contributed by atoms with Crippen LogP contribution in [0.5, 0.6) is 0 Å². The van der Waals surface area contributed by atoms with E-state index in [1.807, 2.05) is 0 Å². The monoisotopic (exact) mass is 227 g/mol. The number of carbonyl (C=O) groups is 1. The standard InChI is InChI=1S/C5H8N2.C5H9NO3/c6-5-7-3-1-2-4-7;7-5(8)4-2-1-3-6(4)9/h1-4H2;4,9H,1-3H2,(H,7,8). The molecule has 1 unspecified atom stereocenters. The molecule has 2 fully saturated rings. The highest BCUT2D eigenvalue weighted by molar-refractivity contribution is 5.73. The second-order valence-corrected chi connectivity index (χ2v) is 3.95. The van der Waals surface area contributed by atoms with Crippen LogP contribution in [0.3, 0.4) is 0 Å². The summed E-state index contributed by atoms with van der Waals surface area (Å²) in [7, 11) is 0. The Labute approximate surface area is 94.6 Å². The molecule has 90 valence electrons. The van der Waals surface area contributed by atoms with Gasteiger partial charge in [-0.05, 0) is 25.7 Å². The Morgan fingerprint density at radius 1 is 1.25 bits per heavy atom. The minimum Gasteiger partial charge on any atom is -0.480 e. The van der Waals surface area contributed by atoms with Gasteiger partial charge in [-0.25, -0.2) is 0 Å². The minimum absolute atomic E-state index is 0.483. The fourth-order valence-corrected chi connectivity index (χ4v) is 1.82. The summed E-state index contributed by atoms with van der Waals surface area (Å²) in [6.45, 7) is 2.45. The highest BCUT2D eigenvalue weighted by Gasteiger charge is 2.28. The number of nitrogens with zero attached hydrogens (tertiary/aromatic N) is 3. The summed E-state index contributed by atoms with van der Waals surface area (Å²) in [6, 6.07) is -0.662. The number of likely N-dealkylation sites (tertiary alicyclic amines) is 1. The van der Waals surface area contributed by atoms with Gasteiger partial charge in [-0.15, -0.1) is 0 Å². The molecular formula is C10H17N3O3. The van der Waals surface area contributed by atoms with Crippen LogP contribution >= 0.6 is 0 Å².